The zero-order valence-electron chi connectivity index (χ0n) is 21.4. The number of hydrogen-bond donors (Lipinski definition) is 0. The molecule has 2 aromatic rings. The lowest BCUT2D eigenvalue weighted by molar-refractivity contribution is -0.149. The first-order valence-electron chi connectivity index (χ1n) is 12.3. The Bertz CT molecular complexity index is 1590. The van der Waals surface area contributed by atoms with Crippen molar-refractivity contribution >= 4 is 141 Å². The van der Waals surface area contributed by atoms with Crippen LogP contribution in [0, 0.1) is 48.4 Å². The second-order valence-electron chi connectivity index (χ2n) is 10.5. The molecule has 41 heavy (non-hydrogen) atoms. The third-order valence-electron chi connectivity index (χ3n) is 7.88. The van der Waals surface area contributed by atoms with E-state index in [1.165, 1.54) is 12.1 Å². The van der Waals surface area contributed by atoms with E-state index in [-0.39, 0.29) is 28.0 Å². The summed E-state index contributed by atoms with van der Waals surface area (Å²) in [5.41, 5.74) is 0.968. The highest BCUT2D eigenvalue weighted by atomic mass is 127. The maximum absolute atomic E-state index is 13.6. The van der Waals surface area contributed by atoms with Crippen molar-refractivity contribution in [3.63, 3.8) is 0 Å². The average molecular weight is 1140 g/mol. The number of benzene rings is 2. The normalized spacial score (nSPS) is 26.4. The molecule has 220 valence electrons. The topological polar surface area (TPSA) is 136 Å². The summed E-state index contributed by atoms with van der Waals surface area (Å²) in [5, 5.41) is 0. The van der Waals surface area contributed by atoms with Crippen LogP contribution in [0.5, 0.6) is 5.75 Å². The Kier molecular flexibility index (Phi) is 9.57. The summed E-state index contributed by atoms with van der Waals surface area (Å²) in [4.78, 5) is 39.7. The van der Waals surface area contributed by atoms with Crippen molar-refractivity contribution in [3.05, 3.63) is 46.7 Å². The van der Waals surface area contributed by atoms with Gasteiger partial charge >= 0.3 is 17.9 Å². The molecule has 6 unspecified atom stereocenters. The van der Waals surface area contributed by atoms with E-state index in [9.17, 15) is 27.4 Å². The van der Waals surface area contributed by atoms with Crippen LogP contribution in [0.2, 0.25) is 0 Å². The number of aryl methyl sites for hydroxylation is 1. The molecule has 2 bridgehead atoms. The lowest BCUT2D eigenvalue weighted by atomic mass is 9.78. The number of ether oxygens (including phenoxy) is 3. The van der Waals surface area contributed by atoms with Crippen molar-refractivity contribution in [1.29, 1.82) is 0 Å². The van der Waals surface area contributed by atoms with Crippen LogP contribution in [0.15, 0.2) is 17.0 Å². The van der Waals surface area contributed by atoms with E-state index in [0.717, 1.165) is 17.9 Å². The Hall–Kier alpha value is 0.410. The largest absolute Gasteiger partial charge is 0.744 e. The zero-order valence-corrected chi connectivity index (χ0v) is 33.0. The van der Waals surface area contributed by atoms with Crippen LogP contribution < -0.4 is 4.74 Å². The van der Waals surface area contributed by atoms with E-state index in [2.05, 4.69) is 113 Å². The highest BCUT2D eigenvalue weighted by Crippen LogP contribution is 2.59. The number of hydrogen-bond acceptors (Lipinski definition) is 9. The van der Waals surface area contributed by atoms with Crippen molar-refractivity contribution in [2.45, 2.75) is 50.2 Å². The van der Waals surface area contributed by atoms with Crippen LogP contribution in [0.3, 0.4) is 0 Å². The molecular weight excluding hydrogens is 1120 g/mol. The molecule has 9 nitrogen and oxygen atoms in total. The van der Waals surface area contributed by atoms with Crippen LogP contribution in [0.25, 0.3) is 0 Å². The van der Waals surface area contributed by atoms with Gasteiger partial charge in [-0.2, -0.15) is 0 Å². The first-order valence-corrected chi connectivity index (χ1v) is 19.1. The monoisotopic (exact) mass is 1140 g/mol. The number of fused-ring (bicyclic) bond motifs is 1. The summed E-state index contributed by atoms with van der Waals surface area (Å²) in [6.45, 7) is 5.00. The quantitative estimate of drug-likeness (QED) is 0.0855. The minimum absolute atomic E-state index is 0.109. The van der Waals surface area contributed by atoms with E-state index < -0.39 is 58.0 Å². The molecule has 3 fully saturated rings. The summed E-state index contributed by atoms with van der Waals surface area (Å²) in [5.74, 6) is -4.33. The third-order valence-corrected chi connectivity index (χ3v) is 18.3. The zero-order chi connectivity index (χ0) is 30.3. The molecule has 2 saturated carbocycles. The van der Waals surface area contributed by atoms with Gasteiger partial charge < -0.3 is 18.8 Å². The smallest absolute Gasteiger partial charge is 0.340 e. The molecule has 1 aliphatic heterocycles. The Morgan fingerprint density at radius 3 is 2.15 bits per heavy atom. The predicted molar refractivity (Wildman–Crippen MR) is 187 cm³/mol. The molecule has 5 rings (SSSR count). The summed E-state index contributed by atoms with van der Waals surface area (Å²) in [6, 6.07) is 2.60. The Balaban J connectivity index is 1.45. The minimum Gasteiger partial charge on any atom is -0.744 e. The molecule has 0 N–H and O–H groups in total. The highest BCUT2D eigenvalue weighted by Gasteiger charge is 2.70. The molecule has 15 heteroatoms. The Labute approximate surface area is 304 Å². The maximum Gasteiger partial charge on any atom is 0.340 e. The van der Waals surface area contributed by atoms with Crippen molar-refractivity contribution in [2.75, 3.05) is 0 Å². The van der Waals surface area contributed by atoms with E-state index in [4.69, 9.17) is 14.2 Å². The van der Waals surface area contributed by atoms with E-state index >= 15 is 0 Å². The van der Waals surface area contributed by atoms with E-state index in [0.29, 0.717) is 17.5 Å². The van der Waals surface area contributed by atoms with Crippen molar-refractivity contribution < 1.29 is 41.6 Å². The van der Waals surface area contributed by atoms with Gasteiger partial charge in [-0.15, -0.1) is 0 Å². The van der Waals surface area contributed by atoms with Gasteiger partial charge in [-0.1, -0.05) is 13.8 Å². The van der Waals surface area contributed by atoms with Gasteiger partial charge in [0.15, 0.2) is 0 Å². The van der Waals surface area contributed by atoms with Crippen LogP contribution in [0.4, 0.5) is 0 Å². The van der Waals surface area contributed by atoms with Gasteiger partial charge in [-0.3, -0.25) is 9.59 Å². The van der Waals surface area contributed by atoms with E-state index in [1.807, 2.05) is 0 Å². The second-order valence-corrected chi connectivity index (χ2v) is 17.3. The van der Waals surface area contributed by atoms with E-state index in [1.54, 1.807) is 20.8 Å². The third kappa shape index (κ3) is 5.68. The molecular formula is C26H20I5O9S-. The fourth-order valence-electron chi connectivity index (χ4n) is 6.07. The van der Waals surface area contributed by atoms with Gasteiger partial charge in [0, 0.05) is 29.7 Å². The average Bonchev–Trinajstić information content (AvgIpc) is 3.50. The summed E-state index contributed by atoms with van der Waals surface area (Å²) < 4.78 is 57.4. The lowest BCUT2D eigenvalue weighted by Crippen LogP contribution is -2.44. The molecule has 6 atom stereocenters. The SMILES string of the molecule is Cc1cc(S(=O)(=O)[O-])c(C(C)C)cc1OC(=O)C1C2CC3C(OC(=O)C31)C2OC(=O)c1c(I)c(I)c(I)c(I)c1I. The van der Waals surface area contributed by atoms with Crippen molar-refractivity contribution in [2.24, 2.45) is 23.7 Å². The molecule has 3 aliphatic rings. The highest BCUT2D eigenvalue weighted by molar-refractivity contribution is 14.1. The summed E-state index contributed by atoms with van der Waals surface area (Å²) in [7, 11) is -4.74. The van der Waals surface area contributed by atoms with Gasteiger partial charge in [0.25, 0.3) is 0 Å². The summed E-state index contributed by atoms with van der Waals surface area (Å²) >= 11 is 10.9. The second kappa shape index (κ2) is 12.0. The molecule has 0 spiro atoms. The predicted octanol–water partition coefficient (Wildman–Crippen LogP) is 5.98. The lowest BCUT2D eigenvalue weighted by Gasteiger charge is -2.30. The molecule has 2 aromatic carbocycles. The maximum atomic E-state index is 13.6. The van der Waals surface area contributed by atoms with Crippen LogP contribution in [-0.4, -0.2) is 43.1 Å². The standard InChI is InChI=1S/C26H21I5O9S/c1-7(2)9-6-12(8(3)4-13(9)41(35,36)37)38-24(32)14-10-5-11-15(14)25(33)39-22(11)23(10)40-26(34)16-17(27)19(29)21(31)20(30)18(16)28/h4,6-7,10-11,14-15,22-23H,5H2,1-3H3,(H,35,36,37)/p-1. The number of carbonyl (C=O) groups excluding carboxylic acids is 3. The van der Waals surface area contributed by atoms with Crippen molar-refractivity contribution in [3.8, 4) is 5.75 Å². The fraction of sp³-hybridized carbons (Fsp3) is 0.423. The first kappa shape index (κ1) is 32.8. The molecule has 1 heterocycles. The van der Waals surface area contributed by atoms with Crippen LogP contribution in [-0.2, 0) is 29.2 Å². The molecule has 2 aliphatic carbocycles. The van der Waals surface area contributed by atoms with Crippen LogP contribution in [0.1, 0.15) is 47.7 Å². The Morgan fingerprint density at radius 2 is 1.59 bits per heavy atom. The molecule has 0 amide bonds. The van der Waals surface area contributed by atoms with Crippen molar-refractivity contribution in [1.82, 2.24) is 0 Å². The number of carbonyl (C=O) groups is 3. The number of esters is 3. The molecule has 1 saturated heterocycles. The van der Waals surface area contributed by atoms with Gasteiger partial charge in [0.05, 0.1) is 22.3 Å². The van der Waals surface area contributed by atoms with Gasteiger partial charge in [-0.25, -0.2) is 13.2 Å². The van der Waals surface area contributed by atoms with Crippen LogP contribution >= 0.6 is 113 Å². The molecule has 0 aromatic heterocycles. The number of rotatable bonds is 6. The number of halogens is 5. The Morgan fingerprint density at radius 1 is 1.00 bits per heavy atom. The molecule has 0 radical (unpaired) electrons. The van der Waals surface area contributed by atoms with Gasteiger partial charge in [0.1, 0.15) is 28.1 Å². The summed E-state index contributed by atoms with van der Waals surface area (Å²) in [6.07, 6.45) is -0.967. The van der Waals surface area contributed by atoms with Gasteiger partial charge in [-0.05, 0) is 155 Å². The fourth-order valence-corrected chi connectivity index (χ4v) is 12.2. The minimum atomic E-state index is -4.74. The van der Waals surface area contributed by atoms with Gasteiger partial charge in [0.2, 0.25) is 0 Å². The first-order chi connectivity index (χ1) is 19.0.